The topological polar surface area (TPSA) is 50.4 Å². The summed E-state index contributed by atoms with van der Waals surface area (Å²) < 4.78 is 5.47. The van der Waals surface area contributed by atoms with Crippen LogP contribution in [0.4, 0.5) is 0 Å². The smallest absolute Gasteiger partial charge is 0.250 e. The fourth-order valence-electron chi connectivity index (χ4n) is 2.55. The van der Waals surface area contributed by atoms with E-state index in [1.54, 1.807) is 0 Å². The molecule has 1 saturated carbocycles. The van der Waals surface area contributed by atoms with Gasteiger partial charge in [0.25, 0.3) is 5.91 Å². The van der Waals surface area contributed by atoms with Crippen molar-refractivity contribution in [2.45, 2.75) is 43.1 Å². The van der Waals surface area contributed by atoms with Gasteiger partial charge in [0.1, 0.15) is 6.10 Å². The van der Waals surface area contributed by atoms with Crippen LogP contribution in [-0.4, -0.2) is 49.3 Å². The molecule has 0 bridgehead atoms. The summed E-state index contributed by atoms with van der Waals surface area (Å²) >= 11 is 1.87. The average molecular weight is 258 g/mol. The lowest BCUT2D eigenvalue weighted by Gasteiger charge is -2.32. The molecule has 1 amide bonds. The van der Waals surface area contributed by atoms with E-state index in [2.05, 4.69) is 16.9 Å². The number of amides is 1. The van der Waals surface area contributed by atoms with Crippen LogP contribution in [0.2, 0.25) is 0 Å². The highest BCUT2D eigenvalue weighted by Gasteiger charge is 2.29. The molecule has 2 N–H and O–H groups in total. The third kappa shape index (κ3) is 3.60. The van der Waals surface area contributed by atoms with Gasteiger partial charge in [-0.15, -0.1) is 0 Å². The average Bonchev–Trinajstić information content (AvgIpc) is 2.40. The largest absolute Gasteiger partial charge is 0.366 e. The molecule has 0 aromatic heterocycles. The molecule has 3 unspecified atom stereocenters. The molecule has 17 heavy (non-hydrogen) atoms. The van der Waals surface area contributed by atoms with E-state index in [-0.39, 0.29) is 12.0 Å². The van der Waals surface area contributed by atoms with E-state index >= 15 is 0 Å². The van der Waals surface area contributed by atoms with Gasteiger partial charge in [-0.25, -0.2) is 0 Å². The van der Waals surface area contributed by atoms with Crippen LogP contribution in [0.1, 0.15) is 25.7 Å². The van der Waals surface area contributed by atoms with Crippen molar-refractivity contribution < 1.29 is 9.53 Å². The highest BCUT2D eigenvalue weighted by Crippen LogP contribution is 2.27. The fraction of sp³-hybridized carbons (Fsp3) is 0.917. The summed E-state index contributed by atoms with van der Waals surface area (Å²) in [6.07, 6.45) is 6.68. The number of rotatable bonds is 3. The molecule has 1 aliphatic carbocycles. The summed E-state index contributed by atoms with van der Waals surface area (Å²) in [6.45, 7) is 2.12. The maximum absolute atomic E-state index is 12.0. The number of hydrogen-bond acceptors (Lipinski definition) is 4. The number of carbonyl (C=O) groups is 1. The second-order valence-corrected chi connectivity index (χ2v) is 5.81. The lowest BCUT2D eigenvalue weighted by molar-refractivity contribution is -0.135. The minimum atomic E-state index is -0.298. The zero-order valence-corrected chi connectivity index (χ0v) is 11.2. The van der Waals surface area contributed by atoms with Gasteiger partial charge in [0, 0.05) is 24.4 Å². The Labute approximate surface area is 107 Å². The Balaban J connectivity index is 1.83. The molecule has 4 nitrogen and oxygen atoms in total. The highest BCUT2D eigenvalue weighted by molar-refractivity contribution is 7.99. The molecule has 3 atom stereocenters. The van der Waals surface area contributed by atoms with Crippen molar-refractivity contribution in [2.24, 2.45) is 0 Å². The van der Waals surface area contributed by atoms with Crippen molar-refractivity contribution in [3.8, 4) is 0 Å². The van der Waals surface area contributed by atoms with Crippen LogP contribution in [-0.2, 0) is 9.53 Å². The van der Waals surface area contributed by atoms with Crippen molar-refractivity contribution in [3.63, 3.8) is 0 Å². The van der Waals surface area contributed by atoms with E-state index in [1.807, 2.05) is 11.8 Å². The summed E-state index contributed by atoms with van der Waals surface area (Å²) in [5, 5.41) is 6.93. The Morgan fingerprint density at radius 1 is 1.41 bits per heavy atom. The van der Waals surface area contributed by atoms with Gasteiger partial charge in [0.2, 0.25) is 0 Å². The Bertz CT molecular complexity index is 257. The number of nitrogens with one attached hydrogen (secondary N) is 2. The summed E-state index contributed by atoms with van der Waals surface area (Å²) in [5.74, 6) is 0.0585. The van der Waals surface area contributed by atoms with Crippen LogP contribution in [0, 0.1) is 0 Å². The molecule has 1 saturated heterocycles. The summed E-state index contributed by atoms with van der Waals surface area (Å²) in [4.78, 5) is 12.0. The van der Waals surface area contributed by atoms with Crippen LogP contribution < -0.4 is 10.6 Å². The third-order valence-electron chi connectivity index (χ3n) is 3.55. The summed E-state index contributed by atoms with van der Waals surface area (Å²) in [5.41, 5.74) is 0. The van der Waals surface area contributed by atoms with E-state index in [1.165, 1.54) is 19.3 Å². The Kier molecular flexibility index (Phi) is 5.13. The first-order valence-electron chi connectivity index (χ1n) is 6.46. The molecule has 2 rings (SSSR count). The SMILES string of the molecule is CSC1CCCCC1NC(=O)C1CNCCO1. The molecule has 0 aromatic rings. The normalized spacial score (nSPS) is 34.3. The Morgan fingerprint density at radius 3 is 2.94 bits per heavy atom. The number of hydrogen-bond donors (Lipinski definition) is 2. The van der Waals surface area contributed by atoms with Gasteiger partial charge in [0.05, 0.1) is 6.61 Å². The van der Waals surface area contributed by atoms with Crippen molar-refractivity contribution >= 4 is 17.7 Å². The van der Waals surface area contributed by atoms with Crippen LogP contribution in [0.3, 0.4) is 0 Å². The van der Waals surface area contributed by atoms with Crippen LogP contribution >= 0.6 is 11.8 Å². The first-order chi connectivity index (χ1) is 8.31. The fourth-order valence-corrected chi connectivity index (χ4v) is 3.49. The second-order valence-electron chi connectivity index (χ2n) is 4.74. The number of morpholine rings is 1. The number of carbonyl (C=O) groups excluding carboxylic acids is 1. The molecular weight excluding hydrogens is 236 g/mol. The standard InChI is InChI=1S/C12H22N2O2S/c1-17-11-5-3-2-4-9(11)14-12(15)10-8-13-6-7-16-10/h9-11,13H,2-8H2,1H3,(H,14,15). The van der Waals surface area contributed by atoms with E-state index < -0.39 is 0 Å². The Hall–Kier alpha value is -0.260. The first-order valence-corrected chi connectivity index (χ1v) is 7.75. The molecule has 0 spiro atoms. The van der Waals surface area contributed by atoms with Crippen LogP contribution in [0.25, 0.3) is 0 Å². The molecule has 98 valence electrons. The predicted molar refractivity (Wildman–Crippen MR) is 70.3 cm³/mol. The monoisotopic (exact) mass is 258 g/mol. The minimum absolute atomic E-state index is 0.0585. The molecule has 2 aliphatic rings. The van der Waals surface area contributed by atoms with E-state index in [4.69, 9.17) is 4.74 Å². The highest BCUT2D eigenvalue weighted by atomic mass is 32.2. The van der Waals surface area contributed by atoms with E-state index in [9.17, 15) is 4.79 Å². The van der Waals surface area contributed by atoms with E-state index in [0.717, 1.165) is 13.0 Å². The molecule has 2 fully saturated rings. The molecule has 1 aliphatic heterocycles. The minimum Gasteiger partial charge on any atom is -0.366 e. The summed E-state index contributed by atoms with van der Waals surface area (Å²) in [7, 11) is 0. The zero-order chi connectivity index (χ0) is 12.1. The molecule has 5 heteroatoms. The van der Waals surface area contributed by atoms with Gasteiger partial charge in [-0.3, -0.25) is 4.79 Å². The zero-order valence-electron chi connectivity index (χ0n) is 10.4. The van der Waals surface area contributed by atoms with Gasteiger partial charge in [-0.05, 0) is 19.1 Å². The van der Waals surface area contributed by atoms with Gasteiger partial charge >= 0.3 is 0 Å². The predicted octanol–water partition coefficient (Wildman–Crippen LogP) is 0.765. The lowest BCUT2D eigenvalue weighted by atomic mass is 9.94. The van der Waals surface area contributed by atoms with Crippen molar-refractivity contribution in [1.82, 2.24) is 10.6 Å². The molecular formula is C12H22N2O2S. The van der Waals surface area contributed by atoms with Gasteiger partial charge in [0.15, 0.2) is 0 Å². The molecule has 0 aromatic carbocycles. The third-order valence-corrected chi connectivity index (χ3v) is 4.72. The molecule has 0 radical (unpaired) electrons. The van der Waals surface area contributed by atoms with Gasteiger partial charge in [-0.2, -0.15) is 11.8 Å². The first kappa shape index (κ1) is 13.2. The van der Waals surface area contributed by atoms with Crippen molar-refractivity contribution in [3.05, 3.63) is 0 Å². The van der Waals surface area contributed by atoms with Crippen molar-refractivity contribution in [1.29, 1.82) is 0 Å². The van der Waals surface area contributed by atoms with Crippen LogP contribution in [0.15, 0.2) is 0 Å². The van der Waals surface area contributed by atoms with E-state index in [0.29, 0.717) is 24.4 Å². The quantitative estimate of drug-likeness (QED) is 0.785. The van der Waals surface area contributed by atoms with Gasteiger partial charge < -0.3 is 15.4 Å². The van der Waals surface area contributed by atoms with Crippen LogP contribution in [0.5, 0.6) is 0 Å². The van der Waals surface area contributed by atoms with Crippen molar-refractivity contribution in [2.75, 3.05) is 26.0 Å². The maximum Gasteiger partial charge on any atom is 0.250 e. The lowest BCUT2D eigenvalue weighted by Crippen LogP contribution is -2.52. The Morgan fingerprint density at radius 2 is 2.24 bits per heavy atom. The number of thioether (sulfide) groups is 1. The molecule has 1 heterocycles. The second kappa shape index (κ2) is 6.61. The van der Waals surface area contributed by atoms with Gasteiger partial charge in [-0.1, -0.05) is 12.8 Å². The summed E-state index contributed by atoms with van der Waals surface area (Å²) in [6, 6.07) is 0.330. The number of ether oxygens (including phenoxy) is 1. The maximum atomic E-state index is 12.0.